The van der Waals surface area contributed by atoms with Gasteiger partial charge in [0.15, 0.2) is 0 Å². The lowest BCUT2D eigenvalue weighted by atomic mass is 10.1. The normalized spacial score (nSPS) is 10.7. The third-order valence-corrected chi connectivity index (χ3v) is 2.17. The molecule has 0 bridgehead atoms. The van der Waals surface area contributed by atoms with E-state index in [2.05, 4.69) is 17.2 Å². The van der Waals surface area contributed by atoms with Crippen LogP contribution in [0.15, 0.2) is 36.9 Å². The molecule has 1 aromatic rings. The second kappa shape index (κ2) is 6.83. The van der Waals surface area contributed by atoms with E-state index in [9.17, 15) is 4.79 Å². The van der Waals surface area contributed by atoms with Crippen LogP contribution in [0.4, 0.5) is 5.69 Å². The number of anilines is 1. The van der Waals surface area contributed by atoms with Crippen LogP contribution in [0.3, 0.4) is 0 Å². The van der Waals surface area contributed by atoms with Crippen molar-refractivity contribution in [2.24, 2.45) is 0 Å². The van der Waals surface area contributed by atoms with Crippen molar-refractivity contribution in [3.63, 3.8) is 0 Å². The summed E-state index contributed by atoms with van der Waals surface area (Å²) in [6.07, 6.45) is 1.69. The first-order valence-corrected chi connectivity index (χ1v) is 6.29. The Kier molecular flexibility index (Phi) is 5.42. The van der Waals surface area contributed by atoms with Crippen LogP contribution >= 0.6 is 0 Å². The van der Waals surface area contributed by atoms with Gasteiger partial charge in [0, 0.05) is 17.3 Å². The Labute approximate surface area is 114 Å². The molecule has 0 fully saturated rings. The third kappa shape index (κ3) is 6.50. The molecule has 1 amide bonds. The Hall–Kier alpha value is -1.97. The molecule has 0 atom stereocenters. The number of carbonyl (C=O) groups is 1. The van der Waals surface area contributed by atoms with Crippen LogP contribution in [0.2, 0.25) is 0 Å². The Morgan fingerprint density at radius 2 is 2.16 bits per heavy atom. The molecule has 104 valence electrons. The van der Waals surface area contributed by atoms with Gasteiger partial charge in [-0.05, 0) is 32.9 Å². The van der Waals surface area contributed by atoms with E-state index in [1.54, 1.807) is 6.08 Å². The second-order valence-corrected chi connectivity index (χ2v) is 5.28. The first-order valence-electron chi connectivity index (χ1n) is 6.29. The van der Waals surface area contributed by atoms with Gasteiger partial charge < -0.3 is 15.4 Å². The van der Waals surface area contributed by atoms with Gasteiger partial charge in [-0.2, -0.15) is 0 Å². The fourth-order valence-corrected chi connectivity index (χ4v) is 1.50. The predicted octanol–water partition coefficient (Wildman–Crippen LogP) is 2.58. The average Bonchev–Trinajstić information content (AvgIpc) is 2.32. The Balaban J connectivity index is 2.48. The molecule has 0 radical (unpaired) electrons. The second-order valence-electron chi connectivity index (χ2n) is 5.28. The van der Waals surface area contributed by atoms with E-state index >= 15 is 0 Å². The van der Waals surface area contributed by atoms with Crippen molar-refractivity contribution in [3.8, 4) is 5.75 Å². The van der Waals surface area contributed by atoms with Crippen molar-refractivity contribution in [1.82, 2.24) is 5.32 Å². The van der Waals surface area contributed by atoms with Gasteiger partial charge in [-0.1, -0.05) is 18.7 Å². The molecule has 19 heavy (non-hydrogen) atoms. The minimum absolute atomic E-state index is 0.0371. The molecule has 0 unspecified atom stereocenters. The van der Waals surface area contributed by atoms with Crippen LogP contribution in [0, 0.1) is 0 Å². The summed E-state index contributed by atoms with van der Waals surface area (Å²) in [5.41, 5.74) is 0.638. The molecule has 4 heteroatoms. The van der Waals surface area contributed by atoms with Gasteiger partial charge >= 0.3 is 0 Å². The number of carbonyl (C=O) groups excluding carboxylic acids is 1. The highest BCUT2D eigenvalue weighted by atomic mass is 16.5. The highest BCUT2D eigenvalue weighted by Crippen LogP contribution is 2.17. The van der Waals surface area contributed by atoms with Gasteiger partial charge in [-0.15, -0.1) is 0 Å². The fraction of sp³-hybridized carbons (Fsp3) is 0.400. The van der Waals surface area contributed by atoms with Crippen molar-refractivity contribution in [2.75, 3.05) is 18.5 Å². The van der Waals surface area contributed by atoms with E-state index in [0.29, 0.717) is 6.61 Å². The number of benzene rings is 1. The quantitative estimate of drug-likeness (QED) is 0.775. The molecule has 0 saturated carbocycles. The van der Waals surface area contributed by atoms with Crippen LogP contribution in [-0.4, -0.2) is 24.6 Å². The Morgan fingerprint density at radius 1 is 1.42 bits per heavy atom. The fourth-order valence-electron chi connectivity index (χ4n) is 1.50. The summed E-state index contributed by atoms with van der Waals surface area (Å²) in [7, 11) is 0. The number of nitrogens with one attached hydrogen (secondary N) is 2. The summed E-state index contributed by atoms with van der Waals surface area (Å²) in [6, 6.07) is 7.49. The van der Waals surface area contributed by atoms with Gasteiger partial charge in [-0.3, -0.25) is 4.79 Å². The standard InChI is InChI=1S/C15H22N2O2/c1-5-9-19-13-8-6-7-12(10-13)16-11-14(18)17-15(2,3)4/h5-8,10,16H,1,9,11H2,2-4H3,(H,17,18). The molecular formula is C15H22N2O2. The molecule has 0 heterocycles. The van der Waals surface area contributed by atoms with Crippen LogP contribution in [0.5, 0.6) is 5.75 Å². The highest BCUT2D eigenvalue weighted by molar-refractivity contribution is 5.81. The summed E-state index contributed by atoms with van der Waals surface area (Å²) in [5.74, 6) is 0.714. The summed E-state index contributed by atoms with van der Waals surface area (Å²) < 4.78 is 5.42. The zero-order valence-electron chi connectivity index (χ0n) is 11.8. The molecule has 0 saturated heterocycles. The maximum absolute atomic E-state index is 11.7. The van der Waals surface area contributed by atoms with E-state index in [1.807, 2.05) is 45.0 Å². The van der Waals surface area contributed by atoms with Crippen LogP contribution in [0.1, 0.15) is 20.8 Å². The highest BCUT2D eigenvalue weighted by Gasteiger charge is 2.13. The Morgan fingerprint density at radius 3 is 2.79 bits per heavy atom. The van der Waals surface area contributed by atoms with Crippen molar-refractivity contribution in [1.29, 1.82) is 0 Å². The summed E-state index contributed by atoms with van der Waals surface area (Å²) in [6.45, 7) is 10.2. The van der Waals surface area contributed by atoms with Gasteiger partial charge in [0.05, 0.1) is 6.54 Å². The first kappa shape index (κ1) is 15.1. The number of hydrogen-bond donors (Lipinski definition) is 2. The monoisotopic (exact) mass is 262 g/mol. The SMILES string of the molecule is C=CCOc1cccc(NCC(=O)NC(C)(C)C)c1. The number of ether oxygens (including phenoxy) is 1. The van der Waals surface area contributed by atoms with E-state index in [0.717, 1.165) is 11.4 Å². The molecule has 0 aliphatic rings. The van der Waals surface area contributed by atoms with Gasteiger partial charge in [0.1, 0.15) is 12.4 Å². The molecule has 1 rings (SSSR count). The van der Waals surface area contributed by atoms with Crippen molar-refractivity contribution >= 4 is 11.6 Å². The number of amides is 1. The van der Waals surface area contributed by atoms with Gasteiger partial charge in [-0.25, -0.2) is 0 Å². The van der Waals surface area contributed by atoms with Gasteiger partial charge in [0.25, 0.3) is 0 Å². The van der Waals surface area contributed by atoms with Crippen LogP contribution < -0.4 is 15.4 Å². The summed E-state index contributed by atoms with van der Waals surface area (Å²) >= 11 is 0. The number of rotatable bonds is 6. The van der Waals surface area contributed by atoms with Crippen molar-refractivity contribution in [2.45, 2.75) is 26.3 Å². The van der Waals surface area contributed by atoms with Crippen molar-refractivity contribution < 1.29 is 9.53 Å². The number of hydrogen-bond acceptors (Lipinski definition) is 3. The average molecular weight is 262 g/mol. The summed E-state index contributed by atoms with van der Waals surface area (Å²) in [5, 5.41) is 5.96. The zero-order chi connectivity index (χ0) is 14.3. The third-order valence-electron chi connectivity index (χ3n) is 2.17. The zero-order valence-corrected chi connectivity index (χ0v) is 11.8. The Bertz CT molecular complexity index is 436. The van der Waals surface area contributed by atoms with Crippen LogP contribution in [0.25, 0.3) is 0 Å². The maximum Gasteiger partial charge on any atom is 0.239 e. The van der Waals surface area contributed by atoms with E-state index in [-0.39, 0.29) is 18.0 Å². The lowest BCUT2D eigenvalue weighted by molar-refractivity contribution is -0.120. The van der Waals surface area contributed by atoms with Crippen molar-refractivity contribution in [3.05, 3.63) is 36.9 Å². The minimum atomic E-state index is -0.215. The van der Waals surface area contributed by atoms with Gasteiger partial charge in [0.2, 0.25) is 5.91 Å². The largest absolute Gasteiger partial charge is 0.489 e. The molecule has 0 aliphatic heterocycles. The molecule has 0 aliphatic carbocycles. The molecule has 0 aromatic heterocycles. The molecule has 4 nitrogen and oxygen atoms in total. The lowest BCUT2D eigenvalue weighted by Gasteiger charge is -2.20. The molecule has 0 spiro atoms. The maximum atomic E-state index is 11.7. The minimum Gasteiger partial charge on any atom is -0.489 e. The molecule has 1 aromatic carbocycles. The predicted molar refractivity (Wildman–Crippen MR) is 78.5 cm³/mol. The topological polar surface area (TPSA) is 50.4 Å². The van der Waals surface area contributed by atoms with E-state index in [1.165, 1.54) is 0 Å². The van der Waals surface area contributed by atoms with E-state index in [4.69, 9.17) is 4.74 Å². The first-order chi connectivity index (χ1) is 8.90. The smallest absolute Gasteiger partial charge is 0.239 e. The molecule has 2 N–H and O–H groups in total. The van der Waals surface area contributed by atoms with E-state index < -0.39 is 0 Å². The lowest BCUT2D eigenvalue weighted by Crippen LogP contribution is -2.43. The summed E-state index contributed by atoms with van der Waals surface area (Å²) in [4.78, 5) is 11.7. The molecular weight excluding hydrogens is 240 g/mol. The van der Waals surface area contributed by atoms with Crippen LogP contribution in [-0.2, 0) is 4.79 Å².